The largest absolute Gasteiger partial charge is 0.338 e. The SMILES string of the molecule is CCCNC(CCc1nccn1C)CSCC. The smallest absolute Gasteiger partial charge is 0.108 e. The summed E-state index contributed by atoms with van der Waals surface area (Å²) in [6, 6.07) is 0.622. The van der Waals surface area contributed by atoms with Gasteiger partial charge in [0.05, 0.1) is 0 Å². The maximum atomic E-state index is 4.38. The van der Waals surface area contributed by atoms with Crippen molar-refractivity contribution in [2.75, 3.05) is 18.1 Å². The van der Waals surface area contributed by atoms with Gasteiger partial charge in [-0.2, -0.15) is 11.8 Å². The number of hydrogen-bond donors (Lipinski definition) is 1. The highest BCUT2D eigenvalue weighted by molar-refractivity contribution is 7.99. The van der Waals surface area contributed by atoms with Gasteiger partial charge < -0.3 is 9.88 Å². The Morgan fingerprint density at radius 1 is 1.47 bits per heavy atom. The molecule has 1 N–H and O–H groups in total. The van der Waals surface area contributed by atoms with Crippen LogP contribution in [-0.2, 0) is 13.5 Å². The maximum Gasteiger partial charge on any atom is 0.108 e. The van der Waals surface area contributed by atoms with E-state index in [1.165, 1.54) is 30.2 Å². The number of nitrogens with one attached hydrogen (secondary N) is 1. The highest BCUT2D eigenvalue weighted by Gasteiger charge is 2.09. The third-order valence-corrected chi connectivity index (χ3v) is 3.89. The van der Waals surface area contributed by atoms with Crippen molar-refractivity contribution in [1.82, 2.24) is 14.9 Å². The van der Waals surface area contributed by atoms with Gasteiger partial charge in [-0.05, 0) is 25.1 Å². The minimum absolute atomic E-state index is 0.622. The van der Waals surface area contributed by atoms with E-state index in [1.807, 2.05) is 24.2 Å². The topological polar surface area (TPSA) is 29.9 Å². The summed E-state index contributed by atoms with van der Waals surface area (Å²) in [5.41, 5.74) is 0. The van der Waals surface area contributed by atoms with Crippen LogP contribution in [0, 0.1) is 0 Å². The van der Waals surface area contributed by atoms with E-state index in [9.17, 15) is 0 Å². The second-order valence-electron chi connectivity index (χ2n) is 4.30. The molecule has 0 bridgehead atoms. The Balaban J connectivity index is 2.34. The summed E-state index contributed by atoms with van der Waals surface area (Å²) in [5, 5.41) is 3.63. The highest BCUT2D eigenvalue weighted by Crippen LogP contribution is 2.08. The molecule has 1 aromatic rings. The molecule has 0 spiro atoms. The predicted octanol–water partition coefficient (Wildman–Crippen LogP) is 2.47. The fourth-order valence-corrected chi connectivity index (χ4v) is 2.60. The Labute approximate surface area is 109 Å². The van der Waals surface area contributed by atoms with Gasteiger partial charge in [0, 0.05) is 37.7 Å². The van der Waals surface area contributed by atoms with Gasteiger partial charge in [-0.15, -0.1) is 0 Å². The molecule has 17 heavy (non-hydrogen) atoms. The Morgan fingerprint density at radius 3 is 2.88 bits per heavy atom. The van der Waals surface area contributed by atoms with Crippen LogP contribution < -0.4 is 5.32 Å². The summed E-state index contributed by atoms with van der Waals surface area (Å²) in [6.45, 7) is 5.56. The van der Waals surface area contributed by atoms with E-state index in [0.29, 0.717) is 6.04 Å². The maximum absolute atomic E-state index is 4.38. The summed E-state index contributed by atoms with van der Waals surface area (Å²) in [7, 11) is 2.07. The molecule has 1 aromatic heterocycles. The van der Waals surface area contributed by atoms with E-state index in [2.05, 4.69) is 35.8 Å². The number of thioether (sulfide) groups is 1. The van der Waals surface area contributed by atoms with E-state index in [0.717, 1.165) is 13.0 Å². The second-order valence-corrected chi connectivity index (χ2v) is 5.62. The number of imidazole rings is 1. The van der Waals surface area contributed by atoms with Gasteiger partial charge in [0.1, 0.15) is 5.82 Å². The van der Waals surface area contributed by atoms with Crippen LogP contribution in [0.2, 0.25) is 0 Å². The van der Waals surface area contributed by atoms with E-state index in [-0.39, 0.29) is 0 Å². The lowest BCUT2D eigenvalue weighted by molar-refractivity contribution is 0.511. The minimum Gasteiger partial charge on any atom is -0.338 e. The first kappa shape index (κ1) is 14.6. The summed E-state index contributed by atoms with van der Waals surface area (Å²) in [5.74, 6) is 3.60. The van der Waals surface area contributed by atoms with Crippen molar-refractivity contribution in [3.63, 3.8) is 0 Å². The molecule has 1 atom stereocenters. The van der Waals surface area contributed by atoms with Crippen LogP contribution in [0.1, 0.15) is 32.5 Å². The second kappa shape index (κ2) is 8.59. The Kier molecular flexibility index (Phi) is 7.37. The summed E-state index contributed by atoms with van der Waals surface area (Å²) >= 11 is 2.02. The van der Waals surface area contributed by atoms with Crippen molar-refractivity contribution in [1.29, 1.82) is 0 Å². The highest BCUT2D eigenvalue weighted by atomic mass is 32.2. The molecule has 1 rings (SSSR count). The zero-order valence-corrected chi connectivity index (χ0v) is 12.1. The lowest BCUT2D eigenvalue weighted by atomic mass is 10.1. The van der Waals surface area contributed by atoms with Gasteiger partial charge in [-0.1, -0.05) is 13.8 Å². The first-order chi connectivity index (χ1) is 8.27. The molecule has 1 unspecified atom stereocenters. The Bertz CT molecular complexity index is 291. The lowest BCUT2D eigenvalue weighted by Crippen LogP contribution is -2.32. The summed E-state index contributed by atoms with van der Waals surface area (Å²) < 4.78 is 2.11. The average molecular weight is 255 g/mol. The molecular weight excluding hydrogens is 230 g/mol. The fraction of sp³-hybridized carbons (Fsp3) is 0.769. The van der Waals surface area contributed by atoms with Crippen LogP contribution in [0.15, 0.2) is 12.4 Å². The van der Waals surface area contributed by atoms with Gasteiger partial charge in [-0.3, -0.25) is 0 Å². The zero-order chi connectivity index (χ0) is 12.5. The first-order valence-corrected chi connectivity index (χ1v) is 7.70. The van der Waals surface area contributed by atoms with Crippen LogP contribution in [0.25, 0.3) is 0 Å². The van der Waals surface area contributed by atoms with Crippen LogP contribution >= 0.6 is 11.8 Å². The van der Waals surface area contributed by atoms with Crippen molar-refractivity contribution in [3.05, 3.63) is 18.2 Å². The first-order valence-electron chi connectivity index (χ1n) is 6.55. The van der Waals surface area contributed by atoms with Gasteiger partial charge in [-0.25, -0.2) is 4.98 Å². The molecular formula is C13H25N3S. The normalized spacial score (nSPS) is 12.9. The van der Waals surface area contributed by atoms with Crippen molar-refractivity contribution in [2.24, 2.45) is 7.05 Å². The van der Waals surface area contributed by atoms with Crippen molar-refractivity contribution < 1.29 is 0 Å². The molecule has 98 valence electrons. The van der Waals surface area contributed by atoms with E-state index < -0.39 is 0 Å². The Morgan fingerprint density at radius 2 is 2.29 bits per heavy atom. The quantitative estimate of drug-likeness (QED) is 0.735. The molecule has 0 saturated carbocycles. The van der Waals surface area contributed by atoms with E-state index in [4.69, 9.17) is 0 Å². The van der Waals surface area contributed by atoms with Gasteiger partial charge in [0.15, 0.2) is 0 Å². The van der Waals surface area contributed by atoms with Gasteiger partial charge in [0.2, 0.25) is 0 Å². The fourth-order valence-electron chi connectivity index (χ4n) is 1.79. The van der Waals surface area contributed by atoms with Crippen molar-refractivity contribution in [3.8, 4) is 0 Å². The number of aryl methyl sites for hydroxylation is 2. The molecule has 1 heterocycles. The predicted molar refractivity (Wildman–Crippen MR) is 76.6 cm³/mol. The average Bonchev–Trinajstić information content (AvgIpc) is 2.74. The molecule has 0 aromatic carbocycles. The number of nitrogens with zero attached hydrogens (tertiary/aromatic N) is 2. The third kappa shape index (κ3) is 5.59. The van der Waals surface area contributed by atoms with Crippen LogP contribution in [0.3, 0.4) is 0 Å². The van der Waals surface area contributed by atoms with Crippen molar-refractivity contribution >= 4 is 11.8 Å². The number of aromatic nitrogens is 2. The molecule has 0 fully saturated rings. The van der Waals surface area contributed by atoms with Crippen LogP contribution in [0.4, 0.5) is 0 Å². The van der Waals surface area contributed by atoms with Gasteiger partial charge in [0.25, 0.3) is 0 Å². The molecule has 0 aliphatic heterocycles. The molecule has 4 heteroatoms. The van der Waals surface area contributed by atoms with Gasteiger partial charge >= 0.3 is 0 Å². The monoisotopic (exact) mass is 255 g/mol. The van der Waals surface area contributed by atoms with E-state index in [1.54, 1.807) is 0 Å². The third-order valence-electron chi connectivity index (χ3n) is 2.84. The van der Waals surface area contributed by atoms with Crippen molar-refractivity contribution in [2.45, 2.75) is 39.2 Å². The van der Waals surface area contributed by atoms with Crippen LogP contribution in [0.5, 0.6) is 0 Å². The molecule has 3 nitrogen and oxygen atoms in total. The zero-order valence-electron chi connectivity index (χ0n) is 11.3. The molecule has 0 amide bonds. The standard InChI is InChI=1S/C13H25N3S/c1-4-8-14-12(11-17-5-2)6-7-13-15-9-10-16(13)3/h9-10,12,14H,4-8,11H2,1-3H3. The number of rotatable bonds is 9. The molecule has 0 saturated heterocycles. The summed E-state index contributed by atoms with van der Waals surface area (Å²) in [4.78, 5) is 4.38. The van der Waals surface area contributed by atoms with E-state index >= 15 is 0 Å². The molecule has 0 aliphatic carbocycles. The summed E-state index contributed by atoms with van der Waals surface area (Å²) in [6.07, 6.45) is 7.35. The minimum atomic E-state index is 0.622. The number of hydrogen-bond acceptors (Lipinski definition) is 3. The molecule has 0 radical (unpaired) electrons. The lowest BCUT2D eigenvalue weighted by Gasteiger charge is -2.17. The van der Waals surface area contributed by atoms with Crippen LogP contribution in [-0.4, -0.2) is 33.6 Å². The Hall–Kier alpha value is -0.480. The molecule has 0 aliphatic rings.